The van der Waals surface area contributed by atoms with Gasteiger partial charge in [0, 0.05) is 25.6 Å². The van der Waals surface area contributed by atoms with Gasteiger partial charge in [-0.05, 0) is 18.6 Å². The highest BCUT2D eigenvalue weighted by Crippen LogP contribution is 2.16. The van der Waals surface area contributed by atoms with E-state index in [1.807, 2.05) is 41.9 Å². The van der Waals surface area contributed by atoms with Crippen LogP contribution in [0.1, 0.15) is 21.7 Å². The van der Waals surface area contributed by atoms with Crippen molar-refractivity contribution >= 4 is 5.91 Å². The van der Waals surface area contributed by atoms with E-state index in [-0.39, 0.29) is 5.56 Å². The number of aryl methyl sites for hydroxylation is 1. The maximum Gasteiger partial charge on any atom is 0.254 e. The van der Waals surface area contributed by atoms with Crippen molar-refractivity contribution in [2.24, 2.45) is 7.05 Å². The van der Waals surface area contributed by atoms with Crippen LogP contribution in [0.4, 0.5) is 4.39 Å². The van der Waals surface area contributed by atoms with E-state index in [4.69, 9.17) is 0 Å². The molecule has 5 nitrogen and oxygen atoms in total. The van der Waals surface area contributed by atoms with Gasteiger partial charge in [0.25, 0.3) is 5.91 Å². The van der Waals surface area contributed by atoms with E-state index >= 15 is 0 Å². The van der Waals surface area contributed by atoms with Crippen molar-refractivity contribution < 1.29 is 9.18 Å². The fourth-order valence-electron chi connectivity index (χ4n) is 2.62. The van der Waals surface area contributed by atoms with Crippen LogP contribution in [0.15, 0.2) is 48.5 Å². The van der Waals surface area contributed by atoms with Crippen LogP contribution >= 0.6 is 0 Å². The summed E-state index contributed by atoms with van der Waals surface area (Å²) in [5.74, 6) is 0.618. The van der Waals surface area contributed by atoms with E-state index in [9.17, 15) is 9.18 Å². The number of carbonyl (C=O) groups excluding carboxylic acids is 1. The Labute approximate surface area is 145 Å². The minimum absolute atomic E-state index is 0.0583. The molecule has 0 spiro atoms. The fourth-order valence-corrected chi connectivity index (χ4v) is 2.62. The molecule has 0 radical (unpaired) electrons. The number of nitrogens with zero attached hydrogens (tertiary/aromatic N) is 3. The minimum Gasteiger partial charge on any atom is -0.351 e. The van der Waals surface area contributed by atoms with Gasteiger partial charge >= 0.3 is 0 Å². The molecule has 2 aromatic carbocycles. The molecule has 0 saturated heterocycles. The molecule has 0 aliphatic rings. The molecular weight excluding hydrogens is 319 g/mol. The number of benzene rings is 2. The molecule has 128 valence electrons. The average Bonchev–Trinajstić information content (AvgIpc) is 2.99. The number of nitrogens with one attached hydrogen (secondary N) is 1. The molecule has 0 atom stereocenters. The van der Waals surface area contributed by atoms with Crippen LogP contribution in [0.25, 0.3) is 11.4 Å². The molecule has 0 aliphatic carbocycles. The SMILES string of the molecule is Cc1cccc(C(=O)NCCc2nnc(-c3ccccc3)n2C)c1F. The molecule has 1 aromatic heterocycles. The normalized spacial score (nSPS) is 10.7. The van der Waals surface area contributed by atoms with Gasteiger partial charge in [-0.3, -0.25) is 4.79 Å². The van der Waals surface area contributed by atoms with Gasteiger partial charge in [-0.2, -0.15) is 0 Å². The first-order chi connectivity index (χ1) is 12.1. The average molecular weight is 338 g/mol. The summed E-state index contributed by atoms with van der Waals surface area (Å²) in [6, 6.07) is 14.6. The Balaban J connectivity index is 1.64. The highest BCUT2D eigenvalue weighted by molar-refractivity contribution is 5.94. The van der Waals surface area contributed by atoms with Crippen molar-refractivity contribution in [3.63, 3.8) is 0 Å². The third-order valence-corrected chi connectivity index (χ3v) is 4.07. The smallest absolute Gasteiger partial charge is 0.254 e. The molecule has 0 saturated carbocycles. The predicted octanol–water partition coefficient (Wildman–Crippen LogP) is 2.90. The molecule has 25 heavy (non-hydrogen) atoms. The maximum absolute atomic E-state index is 14.0. The van der Waals surface area contributed by atoms with Gasteiger partial charge in [0.05, 0.1) is 5.56 Å². The Morgan fingerprint density at radius 3 is 2.64 bits per heavy atom. The van der Waals surface area contributed by atoms with E-state index in [0.29, 0.717) is 18.5 Å². The first-order valence-corrected chi connectivity index (χ1v) is 8.05. The molecular formula is C19H19FN4O. The third-order valence-electron chi connectivity index (χ3n) is 4.07. The molecule has 6 heteroatoms. The number of aromatic nitrogens is 3. The summed E-state index contributed by atoms with van der Waals surface area (Å²) in [7, 11) is 1.89. The van der Waals surface area contributed by atoms with Crippen molar-refractivity contribution in [1.29, 1.82) is 0 Å². The van der Waals surface area contributed by atoms with Gasteiger partial charge < -0.3 is 9.88 Å². The summed E-state index contributed by atoms with van der Waals surface area (Å²) in [5.41, 5.74) is 1.49. The fraction of sp³-hybridized carbons (Fsp3) is 0.211. The topological polar surface area (TPSA) is 59.8 Å². The number of hydrogen-bond donors (Lipinski definition) is 1. The Kier molecular flexibility index (Phi) is 4.88. The Hall–Kier alpha value is -3.02. The molecule has 1 amide bonds. The predicted molar refractivity (Wildman–Crippen MR) is 93.6 cm³/mol. The van der Waals surface area contributed by atoms with Crippen LogP contribution in [-0.4, -0.2) is 27.2 Å². The van der Waals surface area contributed by atoms with Crippen LogP contribution in [0.2, 0.25) is 0 Å². The molecule has 3 aromatic rings. The van der Waals surface area contributed by atoms with E-state index in [1.54, 1.807) is 19.1 Å². The molecule has 1 N–H and O–H groups in total. The zero-order chi connectivity index (χ0) is 17.8. The van der Waals surface area contributed by atoms with E-state index in [1.165, 1.54) is 6.07 Å². The molecule has 1 heterocycles. The number of rotatable bonds is 5. The lowest BCUT2D eigenvalue weighted by atomic mass is 10.1. The maximum atomic E-state index is 14.0. The Morgan fingerprint density at radius 1 is 1.12 bits per heavy atom. The molecule has 0 aliphatic heterocycles. The van der Waals surface area contributed by atoms with Crippen molar-refractivity contribution in [3.8, 4) is 11.4 Å². The van der Waals surface area contributed by atoms with Gasteiger partial charge in [-0.1, -0.05) is 42.5 Å². The van der Waals surface area contributed by atoms with Gasteiger partial charge in [0.15, 0.2) is 5.82 Å². The highest BCUT2D eigenvalue weighted by atomic mass is 19.1. The lowest BCUT2D eigenvalue weighted by Crippen LogP contribution is -2.27. The zero-order valence-electron chi connectivity index (χ0n) is 14.2. The lowest BCUT2D eigenvalue weighted by molar-refractivity contribution is 0.0949. The van der Waals surface area contributed by atoms with Gasteiger partial charge in [0.2, 0.25) is 0 Å². The van der Waals surface area contributed by atoms with Crippen molar-refractivity contribution in [1.82, 2.24) is 20.1 Å². The standard InChI is InChI=1S/C19H19FN4O/c1-13-7-6-10-15(17(13)20)19(25)21-12-11-16-22-23-18(24(16)2)14-8-4-3-5-9-14/h3-10H,11-12H2,1-2H3,(H,21,25). The summed E-state index contributed by atoms with van der Waals surface area (Å²) in [5, 5.41) is 11.1. The Morgan fingerprint density at radius 2 is 1.88 bits per heavy atom. The summed E-state index contributed by atoms with van der Waals surface area (Å²) in [6.07, 6.45) is 0.509. The van der Waals surface area contributed by atoms with Crippen molar-refractivity contribution in [2.75, 3.05) is 6.54 Å². The van der Waals surface area contributed by atoms with Crippen LogP contribution < -0.4 is 5.32 Å². The third kappa shape index (κ3) is 3.57. The summed E-state index contributed by atoms with van der Waals surface area (Å²) < 4.78 is 15.9. The monoisotopic (exact) mass is 338 g/mol. The summed E-state index contributed by atoms with van der Waals surface area (Å²) in [4.78, 5) is 12.1. The van der Waals surface area contributed by atoms with Crippen molar-refractivity contribution in [2.45, 2.75) is 13.3 Å². The molecule has 3 rings (SSSR count). The van der Waals surface area contributed by atoms with E-state index in [2.05, 4.69) is 15.5 Å². The number of amides is 1. The molecule has 0 unspecified atom stereocenters. The second kappa shape index (κ2) is 7.25. The van der Waals surface area contributed by atoms with Crippen molar-refractivity contribution in [3.05, 3.63) is 71.3 Å². The van der Waals surface area contributed by atoms with Crippen LogP contribution in [0.3, 0.4) is 0 Å². The zero-order valence-corrected chi connectivity index (χ0v) is 14.2. The lowest BCUT2D eigenvalue weighted by Gasteiger charge is -2.08. The van der Waals surface area contributed by atoms with Gasteiger partial charge in [-0.25, -0.2) is 4.39 Å². The second-order valence-corrected chi connectivity index (χ2v) is 5.81. The molecule has 0 bridgehead atoms. The number of halogens is 1. The van der Waals surface area contributed by atoms with Crippen LogP contribution in [0.5, 0.6) is 0 Å². The minimum atomic E-state index is -0.481. The first-order valence-electron chi connectivity index (χ1n) is 8.05. The molecule has 0 fully saturated rings. The second-order valence-electron chi connectivity index (χ2n) is 5.81. The number of hydrogen-bond acceptors (Lipinski definition) is 3. The van der Waals surface area contributed by atoms with Gasteiger partial charge in [0.1, 0.15) is 11.6 Å². The summed E-state index contributed by atoms with van der Waals surface area (Å²) in [6.45, 7) is 1.99. The van der Waals surface area contributed by atoms with E-state index in [0.717, 1.165) is 17.2 Å². The first kappa shape index (κ1) is 16.8. The van der Waals surface area contributed by atoms with E-state index < -0.39 is 11.7 Å². The van der Waals surface area contributed by atoms with Crippen LogP contribution in [0, 0.1) is 12.7 Å². The van der Waals surface area contributed by atoms with Gasteiger partial charge in [-0.15, -0.1) is 10.2 Å². The van der Waals surface area contributed by atoms with Crippen LogP contribution in [-0.2, 0) is 13.5 Å². The summed E-state index contributed by atoms with van der Waals surface area (Å²) >= 11 is 0. The highest BCUT2D eigenvalue weighted by Gasteiger charge is 2.14. The Bertz CT molecular complexity index is 890. The quantitative estimate of drug-likeness (QED) is 0.778. The number of carbonyl (C=O) groups is 1. The largest absolute Gasteiger partial charge is 0.351 e.